The van der Waals surface area contributed by atoms with Crippen LogP contribution in [0.4, 0.5) is 0 Å². The molecule has 0 rings (SSSR count). The van der Waals surface area contributed by atoms with Crippen LogP contribution in [-0.4, -0.2) is 42.4 Å². The first-order valence-corrected chi connectivity index (χ1v) is 9.00. The molecule has 0 saturated carbocycles. The van der Waals surface area contributed by atoms with Crippen LogP contribution >= 0.6 is 0 Å². The van der Waals surface area contributed by atoms with Crippen LogP contribution in [0.15, 0.2) is 0 Å². The van der Waals surface area contributed by atoms with Gasteiger partial charge < -0.3 is 10.2 Å². The Morgan fingerprint density at radius 2 is 1.50 bits per heavy atom. The molecular formula is C14H28O7S. The molecule has 0 aliphatic heterocycles. The van der Waals surface area contributed by atoms with E-state index in [9.17, 15) is 18.0 Å². The lowest BCUT2D eigenvalue weighted by Crippen LogP contribution is -2.22. The van der Waals surface area contributed by atoms with E-state index < -0.39 is 22.1 Å². The third-order valence-electron chi connectivity index (χ3n) is 2.83. The van der Waals surface area contributed by atoms with E-state index in [2.05, 4.69) is 6.92 Å². The van der Waals surface area contributed by atoms with Crippen molar-refractivity contribution in [2.75, 3.05) is 6.61 Å². The Hall–Kier alpha value is -1.15. The Bertz CT molecular complexity index is 389. The normalized spacial score (nSPS) is 12.1. The van der Waals surface area contributed by atoms with Gasteiger partial charge in [0.05, 0.1) is 24.7 Å². The molecule has 0 aliphatic carbocycles. The van der Waals surface area contributed by atoms with Crippen LogP contribution in [0.5, 0.6) is 0 Å². The molecule has 1 unspecified atom stereocenters. The fourth-order valence-electron chi connectivity index (χ4n) is 1.65. The predicted molar refractivity (Wildman–Crippen MR) is 83.3 cm³/mol. The van der Waals surface area contributed by atoms with Gasteiger partial charge in [0.2, 0.25) is 0 Å². The lowest BCUT2D eigenvalue weighted by molar-refractivity contribution is -0.143. The summed E-state index contributed by atoms with van der Waals surface area (Å²) < 4.78 is 27.9. The molecule has 0 heterocycles. The molecule has 132 valence electrons. The first kappa shape index (κ1) is 23.1. The molecule has 0 aromatic rings. The summed E-state index contributed by atoms with van der Waals surface area (Å²) in [6, 6.07) is 0. The van der Waals surface area contributed by atoms with Crippen LogP contribution in [0.25, 0.3) is 0 Å². The van der Waals surface area contributed by atoms with Crippen LogP contribution < -0.4 is 0 Å². The van der Waals surface area contributed by atoms with E-state index in [-0.39, 0.29) is 24.7 Å². The van der Waals surface area contributed by atoms with E-state index in [4.69, 9.17) is 14.4 Å². The van der Waals surface area contributed by atoms with E-state index in [1.807, 2.05) is 6.92 Å². The summed E-state index contributed by atoms with van der Waals surface area (Å²) >= 11 is 0. The third kappa shape index (κ3) is 13.8. The van der Waals surface area contributed by atoms with Gasteiger partial charge in [-0.05, 0) is 19.8 Å². The second-order valence-corrected chi connectivity index (χ2v) is 6.60. The zero-order valence-corrected chi connectivity index (χ0v) is 14.4. The largest absolute Gasteiger partial charge is 0.481 e. The maximum absolute atomic E-state index is 11.5. The summed E-state index contributed by atoms with van der Waals surface area (Å²) in [6.07, 6.45) is 3.97. The van der Waals surface area contributed by atoms with Crippen LogP contribution in [0, 0.1) is 0 Å². The second kappa shape index (κ2) is 13.5. The van der Waals surface area contributed by atoms with Crippen molar-refractivity contribution in [1.29, 1.82) is 0 Å². The van der Waals surface area contributed by atoms with E-state index in [1.165, 1.54) is 0 Å². The Morgan fingerprint density at radius 3 is 1.82 bits per heavy atom. The minimum absolute atomic E-state index is 0.243. The van der Waals surface area contributed by atoms with Crippen molar-refractivity contribution in [2.45, 2.75) is 71.0 Å². The van der Waals surface area contributed by atoms with Gasteiger partial charge in [-0.15, -0.1) is 0 Å². The SMILES string of the molecule is CCCCCC(CC)S(=O)(=O)OCC.O=C(O)CCC(=O)O. The van der Waals surface area contributed by atoms with Gasteiger partial charge in [0.1, 0.15) is 0 Å². The number of hydrogen-bond donors (Lipinski definition) is 2. The number of carbonyl (C=O) groups is 2. The average Bonchev–Trinajstić information content (AvgIpc) is 2.42. The monoisotopic (exact) mass is 340 g/mol. The molecule has 0 aliphatic rings. The molecular weight excluding hydrogens is 312 g/mol. The number of unbranched alkanes of at least 4 members (excludes halogenated alkanes) is 2. The maximum Gasteiger partial charge on any atom is 0.303 e. The van der Waals surface area contributed by atoms with Gasteiger partial charge >= 0.3 is 11.9 Å². The minimum Gasteiger partial charge on any atom is -0.481 e. The highest BCUT2D eigenvalue weighted by atomic mass is 32.2. The van der Waals surface area contributed by atoms with Gasteiger partial charge in [-0.3, -0.25) is 13.8 Å². The quantitative estimate of drug-likeness (QED) is 0.438. The van der Waals surface area contributed by atoms with E-state index in [0.29, 0.717) is 6.42 Å². The number of aliphatic carboxylic acids is 2. The summed E-state index contributed by atoms with van der Waals surface area (Å²) in [4.78, 5) is 19.3. The molecule has 0 bridgehead atoms. The molecule has 22 heavy (non-hydrogen) atoms. The maximum atomic E-state index is 11.5. The summed E-state index contributed by atoms with van der Waals surface area (Å²) in [6.45, 7) is 5.95. The summed E-state index contributed by atoms with van der Waals surface area (Å²) in [5.41, 5.74) is 0. The number of hydrogen-bond acceptors (Lipinski definition) is 5. The molecule has 0 aromatic carbocycles. The van der Waals surface area contributed by atoms with Crippen LogP contribution in [0.2, 0.25) is 0 Å². The molecule has 0 aromatic heterocycles. The lowest BCUT2D eigenvalue weighted by Gasteiger charge is -2.14. The van der Waals surface area contributed by atoms with Gasteiger partial charge in [0, 0.05) is 0 Å². The van der Waals surface area contributed by atoms with Gasteiger partial charge in [-0.2, -0.15) is 8.42 Å². The standard InChI is InChI=1S/C10H22O3S.C4H6O4/c1-4-7-8-9-10(5-2)14(11,12)13-6-3;5-3(6)1-2-4(7)8/h10H,4-9H2,1-3H3;1-2H2,(H,5,6)(H,7,8). The molecule has 7 nitrogen and oxygen atoms in total. The van der Waals surface area contributed by atoms with Gasteiger partial charge in [0.15, 0.2) is 0 Å². The van der Waals surface area contributed by atoms with E-state index >= 15 is 0 Å². The topological polar surface area (TPSA) is 118 Å². The Labute approximate surface area is 132 Å². The molecule has 8 heteroatoms. The molecule has 0 saturated heterocycles. The van der Waals surface area contributed by atoms with Crippen molar-refractivity contribution in [1.82, 2.24) is 0 Å². The lowest BCUT2D eigenvalue weighted by atomic mass is 10.1. The van der Waals surface area contributed by atoms with Crippen molar-refractivity contribution < 1.29 is 32.4 Å². The summed E-state index contributed by atoms with van der Waals surface area (Å²) in [5.74, 6) is -2.15. The first-order chi connectivity index (χ1) is 10.2. The Morgan fingerprint density at radius 1 is 1.00 bits per heavy atom. The zero-order chi connectivity index (χ0) is 17.6. The predicted octanol–water partition coefficient (Wildman–Crippen LogP) is 2.65. The zero-order valence-electron chi connectivity index (χ0n) is 13.6. The Kier molecular flexibility index (Phi) is 14.2. The molecule has 0 amide bonds. The first-order valence-electron chi connectivity index (χ1n) is 7.52. The summed E-state index contributed by atoms with van der Waals surface area (Å²) in [5, 5.41) is 15.5. The molecule has 0 fully saturated rings. The van der Waals surface area contributed by atoms with E-state index in [0.717, 1.165) is 25.7 Å². The van der Waals surface area contributed by atoms with Crippen molar-refractivity contribution >= 4 is 22.1 Å². The fraction of sp³-hybridized carbons (Fsp3) is 0.857. The molecule has 0 radical (unpaired) electrons. The smallest absolute Gasteiger partial charge is 0.303 e. The van der Waals surface area contributed by atoms with Crippen LogP contribution in [0.3, 0.4) is 0 Å². The highest BCUT2D eigenvalue weighted by molar-refractivity contribution is 7.87. The minimum atomic E-state index is -3.30. The van der Waals surface area contributed by atoms with Crippen molar-refractivity contribution in [3.05, 3.63) is 0 Å². The van der Waals surface area contributed by atoms with Crippen molar-refractivity contribution in [3.63, 3.8) is 0 Å². The van der Waals surface area contributed by atoms with Gasteiger partial charge in [0.25, 0.3) is 10.1 Å². The molecule has 2 N–H and O–H groups in total. The van der Waals surface area contributed by atoms with E-state index in [1.54, 1.807) is 6.92 Å². The van der Waals surface area contributed by atoms with Gasteiger partial charge in [-0.25, -0.2) is 0 Å². The highest BCUT2D eigenvalue weighted by Gasteiger charge is 2.23. The average molecular weight is 340 g/mol. The number of rotatable bonds is 11. The number of carboxylic acid groups (broad SMARTS) is 2. The van der Waals surface area contributed by atoms with Crippen molar-refractivity contribution in [3.8, 4) is 0 Å². The highest BCUT2D eigenvalue weighted by Crippen LogP contribution is 2.16. The molecule has 1 atom stereocenters. The number of carboxylic acids is 2. The summed E-state index contributed by atoms with van der Waals surface area (Å²) in [7, 11) is -3.30. The van der Waals surface area contributed by atoms with Crippen LogP contribution in [-0.2, 0) is 23.9 Å². The molecule has 0 spiro atoms. The third-order valence-corrected chi connectivity index (χ3v) is 4.78. The van der Waals surface area contributed by atoms with Crippen LogP contribution in [0.1, 0.15) is 65.7 Å². The second-order valence-electron chi connectivity index (χ2n) is 4.71. The fourth-order valence-corrected chi connectivity index (χ4v) is 3.03. The van der Waals surface area contributed by atoms with Crippen molar-refractivity contribution in [2.24, 2.45) is 0 Å². The van der Waals surface area contributed by atoms with Gasteiger partial charge in [-0.1, -0.05) is 33.1 Å². The Balaban J connectivity index is 0.